The van der Waals surface area contributed by atoms with Crippen molar-refractivity contribution >= 4 is 23.1 Å². The van der Waals surface area contributed by atoms with E-state index in [0.717, 1.165) is 0 Å². The zero-order valence-corrected chi connectivity index (χ0v) is 17.2. The zero-order chi connectivity index (χ0) is 21.8. The fraction of sp³-hybridized carbons (Fsp3) is 0.125. The molecule has 3 aromatic rings. The molecule has 0 saturated carbocycles. The fourth-order valence-electron chi connectivity index (χ4n) is 3.41. The number of nitrogens with one attached hydrogen (secondary N) is 1. The Kier molecular flexibility index (Phi) is 5.66. The molecule has 0 radical (unpaired) electrons. The Morgan fingerprint density at radius 2 is 1.61 bits per heavy atom. The molecule has 31 heavy (non-hydrogen) atoms. The number of ether oxygens (including phenoxy) is 2. The van der Waals surface area contributed by atoms with Crippen LogP contribution in [0.4, 0.5) is 5.69 Å². The van der Waals surface area contributed by atoms with Crippen molar-refractivity contribution in [3.8, 4) is 11.5 Å². The van der Waals surface area contributed by atoms with Crippen LogP contribution >= 0.6 is 0 Å². The first-order valence-electron chi connectivity index (χ1n) is 9.67. The number of hydrogen-bond donors (Lipinski definition) is 1. The van der Waals surface area contributed by atoms with E-state index in [4.69, 9.17) is 9.47 Å². The summed E-state index contributed by atoms with van der Waals surface area (Å²) in [5, 5.41) is 3.13. The van der Waals surface area contributed by atoms with E-state index in [-0.39, 0.29) is 17.8 Å². The molecule has 2 amide bonds. The van der Waals surface area contributed by atoms with Crippen LogP contribution in [-0.4, -0.2) is 35.9 Å². The summed E-state index contributed by atoms with van der Waals surface area (Å²) < 4.78 is 10.7. The molecule has 2 heterocycles. The zero-order valence-electron chi connectivity index (χ0n) is 17.2. The maximum absolute atomic E-state index is 13.4. The first-order chi connectivity index (χ1) is 15.1. The second kappa shape index (κ2) is 8.71. The van der Waals surface area contributed by atoms with Gasteiger partial charge in [0.25, 0.3) is 11.8 Å². The summed E-state index contributed by atoms with van der Waals surface area (Å²) in [6.45, 7) is 0.0786. The molecule has 0 spiro atoms. The third-order valence-corrected chi connectivity index (χ3v) is 4.93. The van der Waals surface area contributed by atoms with E-state index in [1.807, 2.05) is 36.4 Å². The van der Waals surface area contributed by atoms with E-state index in [2.05, 4.69) is 10.3 Å². The highest BCUT2D eigenvalue weighted by Gasteiger charge is 2.39. The van der Waals surface area contributed by atoms with E-state index >= 15 is 0 Å². The van der Waals surface area contributed by atoms with Gasteiger partial charge in [-0.15, -0.1) is 0 Å². The molecular formula is C24H21N3O4. The van der Waals surface area contributed by atoms with E-state index in [9.17, 15) is 9.59 Å². The van der Waals surface area contributed by atoms with Gasteiger partial charge in [0.2, 0.25) is 0 Å². The predicted molar refractivity (Wildman–Crippen MR) is 116 cm³/mol. The van der Waals surface area contributed by atoms with Crippen molar-refractivity contribution in [1.82, 2.24) is 9.88 Å². The first kappa shape index (κ1) is 20.2. The normalized spacial score (nSPS) is 13.5. The Hall–Kier alpha value is -4.13. The number of anilines is 1. The molecule has 0 fully saturated rings. The summed E-state index contributed by atoms with van der Waals surface area (Å²) in [4.78, 5) is 32.1. The second-order valence-electron chi connectivity index (χ2n) is 6.83. The van der Waals surface area contributed by atoms with E-state index < -0.39 is 11.8 Å². The number of methoxy groups -OCH3 is 2. The molecule has 0 bridgehead atoms. The molecule has 7 nitrogen and oxygen atoms in total. The number of pyridine rings is 1. The molecule has 0 unspecified atom stereocenters. The number of benzene rings is 2. The van der Waals surface area contributed by atoms with Gasteiger partial charge in [-0.2, -0.15) is 0 Å². The number of rotatable bonds is 7. The van der Waals surface area contributed by atoms with Crippen molar-refractivity contribution in [2.45, 2.75) is 6.54 Å². The Morgan fingerprint density at radius 3 is 2.29 bits per heavy atom. The molecule has 156 valence electrons. The van der Waals surface area contributed by atoms with Crippen LogP contribution < -0.4 is 14.8 Å². The molecule has 0 atom stereocenters. The van der Waals surface area contributed by atoms with Crippen LogP contribution in [0.3, 0.4) is 0 Å². The van der Waals surface area contributed by atoms with E-state index in [0.29, 0.717) is 28.4 Å². The van der Waals surface area contributed by atoms with Gasteiger partial charge >= 0.3 is 0 Å². The largest absolute Gasteiger partial charge is 0.493 e. The molecule has 4 rings (SSSR count). The van der Waals surface area contributed by atoms with Crippen LogP contribution in [0.2, 0.25) is 0 Å². The summed E-state index contributed by atoms with van der Waals surface area (Å²) in [5.74, 6) is 0.187. The van der Waals surface area contributed by atoms with Crippen LogP contribution in [-0.2, 0) is 16.1 Å². The molecule has 1 aliphatic rings. The first-order valence-corrected chi connectivity index (χ1v) is 9.67. The standard InChI is InChI=1S/C24H21N3O4/c1-30-19-12-11-16(14-20(19)31-2)21-22(26-17-8-4-3-5-9-17)24(29)27(23(21)28)15-18-10-6-7-13-25-18/h3-14,26H,15H2,1-2H3. The average Bonchev–Trinajstić information content (AvgIpc) is 3.04. The van der Waals surface area contributed by atoms with Crippen molar-refractivity contribution in [2.75, 3.05) is 19.5 Å². The van der Waals surface area contributed by atoms with Gasteiger partial charge in [0.05, 0.1) is 32.0 Å². The molecule has 1 aliphatic heterocycles. The van der Waals surface area contributed by atoms with Crippen LogP contribution in [0.5, 0.6) is 11.5 Å². The van der Waals surface area contributed by atoms with Gasteiger partial charge in [0.15, 0.2) is 11.5 Å². The van der Waals surface area contributed by atoms with Gasteiger partial charge in [-0.3, -0.25) is 19.5 Å². The summed E-state index contributed by atoms with van der Waals surface area (Å²) >= 11 is 0. The minimum Gasteiger partial charge on any atom is -0.493 e. The van der Waals surface area contributed by atoms with E-state index in [1.165, 1.54) is 19.1 Å². The predicted octanol–water partition coefficient (Wildman–Crippen LogP) is 3.49. The molecular weight excluding hydrogens is 394 g/mol. The number of amides is 2. The van der Waals surface area contributed by atoms with Crippen molar-refractivity contribution in [3.63, 3.8) is 0 Å². The lowest BCUT2D eigenvalue weighted by molar-refractivity contribution is -0.137. The van der Waals surface area contributed by atoms with Crippen LogP contribution in [0.1, 0.15) is 11.3 Å². The van der Waals surface area contributed by atoms with Gasteiger partial charge in [0.1, 0.15) is 5.70 Å². The van der Waals surface area contributed by atoms with Crippen molar-refractivity contribution in [2.24, 2.45) is 0 Å². The quantitative estimate of drug-likeness (QED) is 0.595. The van der Waals surface area contributed by atoms with Gasteiger partial charge in [-0.25, -0.2) is 0 Å². The topological polar surface area (TPSA) is 80.8 Å². The third kappa shape index (κ3) is 3.98. The van der Waals surface area contributed by atoms with Crippen LogP contribution in [0.15, 0.2) is 78.6 Å². The number of carbonyl (C=O) groups excluding carboxylic acids is 2. The number of carbonyl (C=O) groups is 2. The monoisotopic (exact) mass is 415 g/mol. The van der Waals surface area contributed by atoms with Gasteiger partial charge in [-0.1, -0.05) is 30.3 Å². The van der Waals surface area contributed by atoms with Crippen LogP contribution in [0.25, 0.3) is 5.57 Å². The lowest BCUT2D eigenvalue weighted by atomic mass is 10.0. The maximum atomic E-state index is 13.4. The van der Waals surface area contributed by atoms with Crippen molar-refractivity contribution < 1.29 is 19.1 Å². The summed E-state index contributed by atoms with van der Waals surface area (Å²) in [7, 11) is 3.06. The highest BCUT2D eigenvalue weighted by atomic mass is 16.5. The Bertz CT molecular complexity index is 1140. The van der Waals surface area contributed by atoms with Gasteiger partial charge < -0.3 is 14.8 Å². The number of hydrogen-bond acceptors (Lipinski definition) is 6. The molecule has 0 saturated heterocycles. The average molecular weight is 415 g/mol. The third-order valence-electron chi connectivity index (χ3n) is 4.93. The number of aromatic nitrogens is 1. The lowest BCUT2D eigenvalue weighted by Crippen LogP contribution is -2.32. The number of imide groups is 1. The van der Waals surface area contributed by atoms with Gasteiger partial charge in [-0.05, 0) is 42.0 Å². The molecule has 7 heteroatoms. The highest BCUT2D eigenvalue weighted by Crippen LogP contribution is 2.36. The molecule has 1 N–H and O–H groups in total. The SMILES string of the molecule is COc1ccc(C2=C(Nc3ccccc3)C(=O)N(Cc3ccccn3)C2=O)cc1OC. The lowest BCUT2D eigenvalue weighted by Gasteiger charge is -2.15. The van der Waals surface area contributed by atoms with Crippen LogP contribution in [0, 0.1) is 0 Å². The molecule has 2 aromatic carbocycles. The molecule has 1 aromatic heterocycles. The smallest absolute Gasteiger partial charge is 0.278 e. The number of para-hydroxylation sites is 1. The minimum absolute atomic E-state index is 0.0786. The Balaban J connectivity index is 1.78. The Morgan fingerprint density at radius 1 is 0.871 bits per heavy atom. The maximum Gasteiger partial charge on any atom is 0.278 e. The minimum atomic E-state index is -0.413. The second-order valence-corrected chi connectivity index (χ2v) is 6.83. The summed E-state index contributed by atoms with van der Waals surface area (Å²) in [5.41, 5.74) is 2.36. The summed E-state index contributed by atoms with van der Waals surface area (Å²) in [6.07, 6.45) is 1.63. The Labute approximate surface area is 179 Å². The van der Waals surface area contributed by atoms with E-state index in [1.54, 1.807) is 36.5 Å². The van der Waals surface area contributed by atoms with Gasteiger partial charge in [0, 0.05) is 11.9 Å². The number of nitrogens with zero attached hydrogens (tertiary/aromatic N) is 2. The van der Waals surface area contributed by atoms with Crippen molar-refractivity contribution in [1.29, 1.82) is 0 Å². The fourth-order valence-corrected chi connectivity index (χ4v) is 3.41. The molecule has 0 aliphatic carbocycles. The van der Waals surface area contributed by atoms with Crippen molar-refractivity contribution in [3.05, 3.63) is 89.9 Å². The summed E-state index contributed by atoms with van der Waals surface area (Å²) in [6, 6.07) is 19.8. The highest BCUT2D eigenvalue weighted by molar-refractivity contribution is 6.36.